The third-order valence-electron chi connectivity index (χ3n) is 3.64. The van der Waals surface area contributed by atoms with Crippen molar-refractivity contribution in [2.75, 3.05) is 26.7 Å². The summed E-state index contributed by atoms with van der Waals surface area (Å²) in [6.07, 6.45) is 3.38. The number of carboxylic acid groups (broad SMARTS) is 1. The lowest BCUT2D eigenvalue weighted by Gasteiger charge is -2.38. The minimum absolute atomic E-state index is 0.372. The zero-order valence-electron chi connectivity index (χ0n) is 10.6. The number of carbonyl (C=O) groups is 1. The molecule has 16 heavy (non-hydrogen) atoms. The van der Waals surface area contributed by atoms with E-state index >= 15 is 0 Å². The van der Waals surface area contributed by atoms with E-state index in [4.69, 9.17) is 5.11 Å². The minimum Gasteiger partial charge on any atom is -0.480 e. The van der Waals surface area contributed by atoms with Crippen LogP contribution >= 0.6 is 0 Å². The first-order valence-corrected chi connectivity index (χ1v) is 6.23. The van der Waals surface area contributed by atoms with Gasteiger partial charge in [0.15, 0.2) is 0 Å². The van der Waals surface area contributed by atoms with Gasteiger partial charge in [0, 0.05) is 6.04 Å². The first-order valence-electron chi connectivity index (χ1n) is 6.23. The molecule has 0 aromatic heterocycles. The smallest absolute Gasteiger partial charge is 0.320 e. The van der Waals surface area contributed by atoms with Crippen molar-refractivity contribution in [2.45, 2.75) is 45.2 Å². The Labute approximate surface area is 98.2 Å². The molecule has 1 aliphatic rings. The molecule has 4 nitrogen and oxygen atoms in total. The van der Waals surface area contributed by atoms with Crippen LogP contribution in [-0.4, -0.2) is 59.6 Å². The second-order valence-corrected chi connectivity index (χ2v) is 4.75. The van der Waals surface area contributed by atoms with Gasteiger partial charge in [-0.05, 0) is 52.9 Å². The molecule has 1 fully saturated rings. The highest BCUT2D eigenvalue weighted by Gasteiger charge is 2.27. The van der Waals surface area contributed by atoms with Crippen LogP contribution in [0.1, 0.15) is 33.1 Å². The highest BCUT2D eigenvalue weighted by Crippen LogP contribution is 2.17. The zero-order chi connectivity index (χ0) is 12.1. The van der Waals surface area contributed by atoms with Gasteiger partial charge in [-0.1, -0.05) is 6.92 Å². The van der Waals surface area contributed by atoms with Crippen molar-refractivity contribution in [1.29, 1.82) is 0 Å². The summed E-state index contributed by atoms with van der Waals surface area (Å²) in [4.78, 5) is 15.4. The molecular weight excluding hydrogens is 204 g/mol. The van der Waals surface area contributed by atoms with Crippen LogP contribution in [0.25, 0.3) is 0 Å². The first-order chi connectivity index (χ1) is 7.56. The maximum Gasteiger partial charge on any atom is 0.320 e. The molecule has 0 radical (unpaired) electrons. The Balaban J connectivity index is 2.38. The third-order valence-corrected chi connectivity index (χ3v) is 3.64. The molecular formula is C12H24N2O2. The number of carboxylic acids is 1. The maximum atomic E-state index is 10.9. The van der Waals surface area contributed by atoms with E-state index in [9.17, 15) is 4.79 Å². The van der Waals surface area contributed by atoms with Gasteiger partial charge in [0.1, 0.15) is 6.04 Å². The summed E-state index contributed by atoms with van der Waals surface area (Å²) in [6.45, 7) is 7.35. The van der Waals surface area contributed by atoms with Crippen molar-refractivity contribution in [3.63, 3.8) is 0 Å². The molecule has 0 spiro atoms. The quantitative estimate of drug-likeness (QED) is 0.769. The lowest BCUT2D eigenvalue weighted by molar-refractivity contribution is -0.143. The molecule has 0 bridgehead atoms. The van der Waals surface area contributed by atoms with E-state index in [2.05, 4.69) is 11.8 Å². The van der Waals surface area contributed by atoms with Gasteiger partial charge in [-0.2, -0.15) is 0 Å². The van der Waals surface area contributed by atoms with Crippen LogP contribution in [0, 0.1) is 0 Å². The van der Waals surface area contributed by atoms with Crippen LogP contribution in [-0.2, 0) is 4.79 Å². The SMILES string of the molecule is CCCN1CCC(N(C)C(C)C(=O)O)CC1. The Morgan fingerprint density at radius 2 is 2.06 bits per heavy atom. The molecule has 1 unspecified atom stereocenters. The molecule has 94 valence electrons. The second kappa shape index (κ2) is 6.21. The summed E-state index contributed by atoms with van der Waals surface area (Å²) >= 11 is 0. The van der Waals surface area contributed by atoms with Crippen LogP contribution in [0.15, 0.2) is 0 Å². The highest BCUT2D eigenvalue weighted by atomic mass is 16.4. The van der Waals surface area contributed by atoms with Crippen LogP contribution in [0.2, 0.25) is 0 Å². The van der Waals surface area contributed by atoms with Crippen molar-refractivity contribution in [1.82, 2.24) is 9.80 Å². The second-order valence-electron chi connectivity index (χ2n) is 4.75. The third kappa shape index (κ3) is 3.46. The lowest BCUT2D eigenvalue weighted by Crippen LogP contribution is -2.48. The molecule has 1 saturated heterocycles. The Morgan fingerprint density at radius 3 is 2.50 bits per heavy atom. The van der Waals surface area contributed by atoms with Gasteiger partial charge in [0.05, 0.1) is 0 Å². The number of hydrogen-bond donors (Lipinski definition) is 1. The summed E-state index contributed by atoms with van der Waals surface area (Å²) in [6, 6.07) is 0.0573. The Hall–Kier alpha value is -0.610. The van der Waals surface area contributed by atoms with Crippen LogP contribution < -0.4 is 0 Å². The van der Waals surface area contributed by atoms with Crippen LogP contribution in [0.3, 0.4) is 0 Å². The van der Waals surface area contributed by atoms with Gasteiger partial charge in [0.25, 0.3) is 0 Å². The summed E-state index contributed by atoms with van der Waals surface area (Å²) in [5, 5.41) is 8.97. The van der Waals surface area contributed by atoms with Gasteiger partial charge >= 0.3 is 5.97 Å². The van der Waals surface area contributed by atoms with Gasteiger partial charge in [-0.25, -0.2) is 0 Å². The van der Waals surface area contributed by atoms with Crippen LogP contribution in [0.5, 0.6) is 0 Å². The van der Waals surface area contributed by atoms with Gasteiger partial charge in [-0.15, -0.1) is 0 Å². The monoisotopic (exact) mass is 228 g/mol. The number of likely N-dealkylation sites (N-methyl/N-ethyl adjacent to an activating group) is 1. The number of piperidine rings is 1. The fraction of sp³-hybridized carbons (Fsp3) is 0.917. The molecule has 1 rings (SSSR count). The number of rotatable bonds is 5. The number of aliphatic carboxylic acids is 1. The Bertz CT molecular complexity index is 225. The van der Waals surface area contributed by atoms with E-state index in [0.29, 0.717) is 6.04 Å². The highest BCUT2D eigenvalue weighted by molar-refractivity contribution is 5.72. The largest absolute Gasteiger partial charge is 0.480 e. The van der Waals surface area contributed by atoms with Crippen molar-refractivity contribution in [2.24, 2.45) is 0 Å². The summed E-state index contributed by atoms with van der Waals surface area (Å²) in [5.74, 6) is -0.724. The molecule has 0 aromatic rings. The van der Waals surface area contributed by atoms with Gasteiger partial charge < -0.3 is 10.0 Å². The molecule has 1 aliphatic heterocycles. The molecule has 1 N–H and O–H groups in total. The number of likely N-dealkylation sites (tertiary alicyclic amines) is 1. The van der Waals surface area contributed by atoms with E-state index in [0.717, 1.165) is 25.9 Å². The first kappa shape index (κ1) is 13.5. The summed E-state index contributed by atoms with van der Waals surface area (Å²) < 4.78 is 0. The topological polar surface area (TPSA) is 43.8 Å². The molecule has 0 aromatic carbocycles. The Morgan fingerprint density at radius 1 is 1.50 bits per heavy atom. The summed E-state index contributed by atoms with van der Waals surface area (Å²) in [5.41, 5.74) is 0. The average molecular weight is 228 g/mol. The molecule has 0 aliphatic carbocycles. The number of nitrogens with zero attached hydrogens (tertiary/aromatic N) is 2. The zero-order valence-corrected chi connectivity index (χ0v) is 10.6. The molecule has 4 heteroatoms. The predicted octanol–water partition coefficient (Wildman–Crippen LogP) is 1.27. The van der Waals surface area contributed by atoms with Gasteiger partial charge in [-0.3, -0.25) is 9.69 Å². The molecule has 0 amide bonds. The Kier molecular flexibility index (Phi) is 5.22. The van der Waals surface area contributed by atoms with Crippen molar-refractivity contribution in [3.05, 3.63) is 0 Å². The predicted molar refractivity (Wildman–Crippen MR) is 64.6 cm³/mol. The van der Waals surface area contributed by atoms with E-state index in [-0.39, 0.29) is 6.04 Å². The van der Waals surface area contributed by atoms with E-state index < -0.39 is 5.97 Å². The molecule has 0 saturated carbocycles. The lowest BCUT2D eigenvalue weighted by atomic mass is 10.0. The standard InChI is InChI=1S/C12H24N2O2/c1-4-7-14-8-5-11(6-9-14)13(3)10(2)12(15)16/h10-11H,4-9H2,1-3H3,(H,15,16). The van der Waals surface area contributed by atoms with E-state index in [1.807, 2.05) is 11.9 Å². The van der Waals surface area contributed by atoms with Gasteiger partial charge in [0.2, 0.25) is 0 Å². The minimum atomic E-state index is -0.724. The van der Waals surface area contributed by atoms with Crippen LogP contribution in [0.4, 0.5) is 0 Å². The van der Waals surface area contributed by atoms with Crippen molar-refractivity contribution < 1.29 is 9.90 Å². The normalized spacial score (nSPS) is 21.2. The van der Waals surface area contributed by atoms with E-state index in [1.54, 1.807) is 6.92 Å². The maximum absolute atomic E-state index is 10.9. The van der Waals surface area contributed by atoms with E-state index in [1.165, 1.54) is 13.0 Å². The fourth-order valence-corrected chi connectivity index (χ4v) is 2.36. The number of hydrogen-bond acceptors (Lipinski definition) is 3. The van der Waals surface area contributed by atoms with Crippen molar-refractivity contribution >= 4 is 5.97 Å². The molecule has 1 heterocycles. The van der Waals surface area contributed by atoms with Crippen molar-refractivity contribution in [3.8, 4) is 0 Å². The summed E-state index contributed by atoms with van der Waals surface area (Å²) in [7, 11) is 1.93. The molecule has 1 atom stereocenters. The fourth-order valence-electron chi connectivity index (χ4n) is 2.36. The average Bonchev–Trinajstić information content (AvgIpc) is 2.28.